The molecule has 0 saturated carbocycles. The summed E-state index contributed by atoms with van der Waals surface area (Å²) in [6.07, 6.45) is 1.70. The van der Waals surface area contributed by atoms with Gasteiger partial charge in [-0.1, -0.05) is 50.4 Å². The van der Waals surface area contributed by atoms with Crippen LogP contribution < -0.4 is 10.0 Å². The van der Waals surface area contributed by atoms with Crippen molar-refractivity contribution >= 4 is 33.2 Å². The monoisotopic (exact) mass is 352 g/mol. The van der Waals surface area contributed by atoms with Crippen LogP contribution in [0.5, 0.6) is 0 Å². The number of nitrogens with one attached hydrogen (secondary N) is 2. The molecule has 2 N–H and O–H groups in total. The van der Waals surface area contributed by atoms with Crippen LogP contribution in [0.1, 0.15) is 39.2 Å². The fourth-order valence-corrected chi connectivity index (χ4v) is 3.62. The van der Waals surface area contributed by atoms with E-state index in [0.717, 1.165) is 12.8 Å². The lowest BCUT2D eigenvalue weighted by Gasteiger charge is -2.13. The molecule has 0 aromatic heterocycles. The van der Waals surface area contributed by atoms with Crippen molar-refractivity contribution in [2.45, 2.75) is 51.1 Å². The van der Waals surface area contributed by atoms with Crippen LogP contribution in [0.15, 0.2) is 17.0 Å². The summed E-state index contributed by atoms with van der Waals surface area (Å²) in [7, 11) is -3.61. The first-order valence-corrected chi connectivity index (χ1v) is 9.22. The first-order valence-electron chi connectivity index (χ1n) is 6.99. The van der Waals surface area contributed by atoms with Gasteiger partial charge in [-0.15, -0.1) is 0 Å². The third-order valence-electron chi connectivity index (χ3n) is 2.91. The zero-order chi connectivity index (χ0) is 16.0. The Hall–Kier alpha value is -0.330. The third kappa shape index (κ3) is 5.75. The summed E-state index contributed by atoms with van der Waals surface area (Å²) >= 11 is 12.2. The van der Waals surface area contributed by atoms with Crippen molar-refractivity contribution in [3.63, 3.8) is 0 Å². The lowest BCUT2D eigenvalue weighted by molar-refractivity contribution is 0.576. The predicted octanol–water partition coefficient (Wildman–Crippen LogP) is 3.57. The molecule has 0 unspecified atom stereocenters. The maximum absolute atomic E-state index is 12.3. The normalized spacial score (nSPS) is 12.1. The van der Waals surface area contributed by atoms with Crippen molar-refractivity contribution in [3.8, 4) is 0 Å². The largest absolute Gasteiger partial charge is 0.310 e. The Balaban J connectivity index is 3.03. The zero-order valence-corrected chi connectivity index (χ0v) is 14.9. The maximum atomic E-state index is 12.3. The van der Waals surface area contributed by atoms with E-state index < -0.39 is 10.0 Å². The summed E-state index contributed by atoms with van der Waals surface area (Å²) in [5.74, 6) is 0. The van der Waals surface area contributed by atoms with Crippen LogP contribution >= 0.6 is 23.2 Å². The molecule has 0 amide bonds. The predicted molar refractivity (Wildman–Crippen MR) is 88.5 cm³/mol. The molecule has 0 saturated heterocycles. The highest BCUT2D eigenvalue weighted by molar-refractivity contribution is 7.89. The van der Waals surface area contributed by atoms with Crippen molar-refractivity contribution in [1.82, 2.24) is 10.0 Å². The fraction of sp³-hybridized carbons (Fsp3) is 0.571. The van der Waals surface area contributed by atoms with Crippen molar-refractivity contribution in [3.05, 3.63) is 27.7 Å². The minimum atomic E-state index is -3.61. The van der Waals surface area contributed by atoms with Crippen molar-refractivity contribution in [1.29, 1.82) is 0 Å². The molecule has 7 heteroatoms. The second kappa shape index (κ2) is 8.34. The van der Waals surface area contributed by atoms with E-state index in [1.54, 1.807) is 0 Å². The molecule has 0 aliphatic heterocycles. The number of sulfonamides is 1. The van der Waals surface area contributed by atoms with Gasteiger partial charge in [0.1, 0.15) is 4.90 Å². The van der Waals surface area contributed by atoms with Crippen LogP contribution in [0.3, 0.4) is 0 Å². The average Bonchev–Trinajstić information content (AvgIpc) is 2.37. The first-order chi connectivity index (χ1) is 9.77. The quantitative estimate of drug-likeness (QED) is 0.703. The smallest absolute Gasteiger partial charge is 0.242 e. The molecule has 1 aromatic rings. The highest BCUT2D eigenvalue weighted by Gasteiger charge is 2.19. The first kappa shape index (κ1) is 18.7. The molecule has 0 fully saturated rings. The van der Waals surface area contributed by atoms with E-state index in [1.165, 1.54) is 12.1 Å². The lowest BCUT2D eigenvalue weighted by atomic mass is 10.2. The Morgan fingerprint density at radius 2 is 1.86 bits per heavy atom. The van der Waals surface area contributed by atoms with Crippen LogP contribution in [0.25, 0.3) is 0 Å². The number of rotatable bonds is 8. The summed E-state index contributed by atoms with van der Waals surface area (Å²) in [6.45, 7) is 6.91. The Labute approximate surface area is 137 Å². The van der Waals surface area contributed by atoms with Crippen LogP contribution in [0.4, 0.5) is 0 Å². The van der Waals surface area contributed by atoms with Gasteiger partial charge in [0.15, 0.2) is 0 Å². The number of halogens is 2. The minimum Gasteiger partial charge on any atom is -0.310 e. The Morgan fingerprint density at radius 1 is 1.19 bits per heavy atom. The molecular formula is C14H22Cl2N2O2S. The molecule has 4 nitrogen and oxygen atoms in total. The van der Waals surface area contributed by atoms with Gasteiger partial charge in [-0.3, -0.25) is 0 Å². The summed E-state index contributed by atoms with van der Waals surface area (Å²) in [6, 6.07) is 3.29. The van der Waals surface area contributed by atoms with Gasteiger partial charge in [0.05, 0.1) is 5.02 Å². The molecule has 0 aliphatic carbocycles. The molecule has 0 atom stereocenters. The standard InChI is InChI=1S/C14H22Cl2N2O2S/c1-4-5-6-18-21(19,20)14-7-11(9-17-10(2)3)12(15)8-13(14)16/h7-8,10,17-18H,4-6,9H2,1-3H3. The highest BCUT2D eigenvalue weighted by atomic mass is 35.5. The number of hydrogen-bond acceptors (Lipinski definition) is 3. The molecule has 1 rings (SSSR count). The van der Waals surface area contributed by atoms with E-state index in [4.69, 9.17) is 23.2 Å². The zero-order valence-electron chi connectivity index (χ0n) is 12.5. The topological polar surface area (TPSA) is 58.2 Å². The van der Waals surface area contributed by atoms with Gasteiger partial charge in [0, 0.05) is 24.2 Å². The maximum Gasteiger partial charge on any atom is 0.242 e. The van der Waals surface area contributed by atoms with Crippen LogP contribution in [-0.4, -0.2) is 21.0 Å². The van der Waals surface area contributed by atoms with Gasteiger partial charge in [-0.05, 0) is 24.1 Å². The Morgan fingerprint density at radius 3 is 2.43 bits per heavy atom. The van der Waals surface area contributed by atoms with Crippen LogP contribution in [0.2, 0.25) is 10.0 Å². The fourth-order valence-electron chi connectivity index (χ4n) is 1.69. The number of hydrogen-bond donors (Lipinski definition) is 2. The van der Waals surface area contributed by atoms with Crippen molar-refractivity contribution in [2.75, 3.05) is 6.54 Å². The number of unbranched alkanes of at least 4 members (excludes halogenated alkanes) is 1. The summed E-state index contributed by atoms with van der Waals surface area (Å²) in [5.41, 5.74) is 0.714. The molecule has 0 aliphatic rings. The van der Waals surface area contributed by atoms with Crippen molar-refractivity contribution in [2.24, 2.45) is 0 Å². The van der Waals surface area contributed by atoms with E-state index in [0.29, 0.717) is 23.7 Å². The van der Waals surface area contributed by atoms with E-state index in [2.05, 4.69) is 10.0 Å². The molecule has 0 radical (unpaired) electrons. The second-order valence-electron chi connectivity index (χ2n) is 5.16. The van der Waals surface area contributed by atoms with E-state index in [9.17, 15) is 8.42 Å². The van der Waals surface area contributed by atoms with Gasteiger partial charge in [0.2, 0.25) is 10.0 Å². The van der Waals surface area contributed by atoms with Gasteiger partial charge >= 0.3 is 0 Å². The third-order valence-corrected chi connectivity index (χ3v) is 5.19. The summed E-state index contributed by atoms with van der Waals surface area (Å²) < 4.78 is 27.1. The second-order valence-corrected chi connectivity index (χ2v) is 7.71. The summed E-state index contributed by atoms with van der Waals surface area (Å²) in [5, 5.41) is 3.81. The van der Waals surface area contributed by atoms with E-state index >= 15 is 0 Å². The molecule has 1 aromatic carbocycles. The van der Waals surface area contributed by atoms with Gasteiger partial charge < -0.3 is 5.32 Å². The van der Waals surface area contributed by atoms with Crippen molar-refractivity contribution < 1.29 is 8.42 Å². The Bertz CT molecular complexity index is 575. The lowest BCUT2D eigenvalue weighted by Crippen LogP contribution is -2.26. The van der Waals surface area contributed by atoms with Gasteiger partial charge in [-0.25, -0.2) is 13.1 Å². The number of benzene rings is 1. The SMILES string of the molecule is CCCCNS(=O)(=O)c1cc(CNC(C)C)c(Cl)cc1Cl. The Kier molecular flexibility index (Phi) is 7.44. The highest BCUT2D eigenvalue weighted by Crippen LogP contribution is 2.28. The van der Waals surface area contributed by atoms with Crippen LogP contribution in [-0.2, 0) is 16.6 Å². The van der Waals surface area contributed by atoms with Gasteiger partial charge in [-0.2, -0.15) is 0 Å². The average molecular weight is 353 g/mol. The summed E-state index contributed by atoms with van der Waals surface area (Å²) in [4.78, 5) is 0.0743. The molecule has 120 valence electrons. The molecular weight excluding hydrogens is 331 g/mol. The van der Waals surface area contributed by atoms with E-state index in [-0.39, 0.29) is 16.0 Å². The van der Waals surface area contributed by atoms with Gasteiger partial charge in [0.25, 0.3) is 0 Å². The molecule has 0 spiro atoms. The minimum absolute atomic E-state index is 0.0743. The van der Waals surface area contributed by atoms with E-state index in [1.807, 2.05) is 20.8 Å². The molecule has 0 heterocycles. The molecule has 0 bridgehead atoms. The van der Waals surface area contributed by atoms with Crippen LogP contribution in [0, 0.1) is 0 Å². The molecule has 21 heavy (non-hydrogen) atoms.